The van der Waals surface area contributed by atoms with Crippen LogP contribution in [0.5, 0.6) is 0 Å². The number of ether oxygens (including phenoxy) is 4. The molecule has 8 heteroatoms. The van der Waals surface area contributed by atoms with Crippen LogP contribution in [0.25, 0.3) is 0 Å². The minimum Gasteiger partial charge on any atom is -0.391 e. The van der Waals surface area contributed by atoms with Crippen LogP contribution < -0.4 is 0 Å². The Hall–Kier alpha value is -2.66. The minimum atomic E-state index is -0.624. The topological polar surface area (TPSA) is 83.9 Å². The Bertz CT molecular complexity index is 1380. The van der Waals surface area contributed by atoms with Gasteiger partial charge in [-0.05, 0) is 114 Å². The van der Waals surface area contributed by atoms with Gasteiger partial charge in [0, 0.05) is 51.1 Å². The number of methoxy groups -OCH3 is 3. The lowest BCUT2D eigenvalue weighted by molar-refractivity contribution is -0.201. The van der Waals surface area contributed by atoms with Gasteiger partial charge < -0.3 is 29.2 Å². The van der Waals surface area contributed by atoms with Crippen LogP contribution in [0.3, 0.4) is 0 Å². The second-order valence-corrected chi connectivity index (χ2v) is 17.9. The number of hydrogen-bond acceptors (Lipinski definition) is 8. The van der Waals surface area contributed by atoms with E-state index in [1.807, 2.05) is 69.3 Å². The van der Waals surface area contributed by atoms with Gasteiger partial charge in [0.15, 0.2) is 5.79 Å². The van der Waals surface area contributed by atoms with E-state index < -0.39 is 11.4 Å². The van der Waals surface area contributed by atoms with E-state index in [9.17, 15) is 5.11 Å². The SMILES string of the molecule is CC(C)(C)N1CCOCC1.CC(C)(C)O.CC1(O)CCCCC1.CCC(C)(c1ccccc1)N(C)C.COC(C)(OC)c1ccccc1.COC(C)c1ccccc1. The first-order valence-corrected chi connectivity index (χ1v) is 21.2. The van der Waals surface area contributed by atoms with E-state index in [1.54, 1.807) is 42.1 Å². The van der Waals surface area contributed by atoms with Gasteiger partial charge in [0.2, 0.25) is 0 Å². The maximum absolute atomic E-state index is 9.37. The molecule has 0 amide bonds. The first kappa shape index (κ1) is 55.3. The van der Waals surface area contributed by atoms with Gasteiger partial charge in [0.25, 0.3) is 0 Å². The Morgan fingerprint density at radius 2 is 1.10 bits per heavy atom. The molecular formula is C50H86N2O6. The van der Waals surface area contributed by atoms with Crippen LogP contribution in [0.2, 0.25) is 0 Å². The molecule has 1 aliphatic heterocycles. The molecular weight excluding hydrogens is 725 g/mol. The third-order valence-electron chi connectivity index (χ3n) is 10.7. The molecule has 0 radical (unpaired) electrons. The third kappa shape index (κ3) is 23.8. The van der Waals surface area contributed by atoms with Crippen LogP contribution in [-0.4, -0.2) is 98.5 Å². The average molecular weight is 811 g/mol. The highest BCUT2D eigenvalue weighted by Gasteiger charge is 2.27. The summed E-state index contributed by atoms with van der Waals surface area (Å²) in [5.41, 5.74) is 3.31. The van der Waals surface area contributed by atoms with Gasteiger partial charge in [-0.25, -0.2) is 0 Å². The predicted molar refractivity (Wildman–Crippen MR) is 245 cm³/mol. The molecule has 2 fully saturated rings. The van der Waals surface area contributed by atoms with Crippen LogP contribution in [-0.2, 0) is 30.3 Å². The Morgan fingerprint density at radius 3 is 1.40 bits per heavy atom. The smallest absolute Gasteiger partial charge is 0.191 e. The summed E-state index contributed by atoms with van der Waals surface area (Å²) < 4.78 is 20.9. The molecule has 3 aromatic rings. The molecule has 2 unspecified atom stereocenters. The lowest BCUT2D eigenvalue weighted by Crippen LogP contribution is -2.47. The van der Waals surface area contributed by atoms with Crippen molar-refractivity contribution in [3.63, 3.8) is 0 Å². The summed E-state index contributed by atoms with van der Waals surface area (Å²) in [5, 5.41) is 17.9. The summed E-state index contributed by atoms with van der Waals surface area (Å²) in [6.07, 6.45) is 7.10. The van der Waals surface area contributed by atoms with Crippen LogP contribution >= 0.6 is 0 Å². The van der Waals surface area contributed by atoms with Gasteiger partial charge in [-0.1, -0.05) is 117 Å². The second-order valence-electron chi connectivity index (χ2n) is 17.9. The summed E-state index contributed by atoms with van der Waals surface area (Å²) in [6.45, 7) is 26.3. The lowest BCUT2D eigenvalue weighted by Gasteiger charge is -2.38. The maximum atomic E-state index is 9.37. The first-order valence-electron chi connectivity index (χ1n) is 21.2. The zero-order valence-electron chi connectivity index (χ0n) is 39.7. The van der Waals surface area contributed by atoms with Gasteiger partial charge in [-0.2, -0.15) is 0 Å². The molecule has 0 aromatic heterocycles. The lowest BCUT2D eigenvalue weighted by atomic mass is 9.87. The molecule has 332 valence electrons. The number of hydrogen-bond donors (Lipinski definition) is 2. The Labute approximate surface area is 356 Å². The van der Waals surface area contributed by atoms with E-state index in [1.165, 1.54) is 30.4 Å². The van der Waals surface area contributed by atoms with Crippen molar-refractivity contribution in [1.29, 1.82) is 0 Å². The molecule has 2 N–H and O–H groups in total. The number of rotatable bonds is 8. The first-order chi connectivity index (χ1) is 27.0. The Balaban J connectivity index is 0.000000685. The molecule has 0 bridgehead atoms. The van der Waals surface area contributed by atoms with E-state index in [-0.39, 0.29) is 17.2 Å². The highest BCUT2D eigenvalue weighted by molar-refractivity contribution is 5.23. The number of aliphatic hydroxyl groups is 2. The minimum absolute atomic E-state index is 0.168. The molecule has 1 saturated heterocycles. The quantitative estimate of drug-likeness (QED) is 0.218. The largest absolute Gasteiger partial charge is 0.391 e. The van der Waals surface area contributed by atoms with Crippen LogP contribution in [0, 0.1) is 0 Å². The van der Waals surface area contributed by atoms with Crippen molar-refractivity contribution < 1.29 is 29.2 Å². The number of morpholine rings is 1. The Kier molecular flexibility index (Phi) is 26.7. The fraction of sp³-hybridized carbons (Fsp3) is 0.640. The van der Waals surface area contributed by atoms with E-state index in [0.29, 0.717) is 5.54 Å². The van der Waals surface area contributed by atoms with Gasteiger partial charge in [0.05, 0.1) is 30.5 Å². The molecule has 2 atom stereocenters. The van der Waals surface area contributed by atoms with Crippen molar-refractivity contribution in [3.05, 3.63) is 108 Å². The molecule has 8 nitrogen and oxygen atoms in total. The highest BCUT2D eigenvalue weighted by atomic mass is 16.7. The van der Waals surface area contributed by atoms with Gasteiger partial charge in [0.1, 0.15) is 0 Å². The molecule has 58 heavy (non-hydrogen) atoms. The van der Waals surface area contributed by atoms with Crippen molar-refractivity contribution in [2.24, 2.45) is 0 Å². The van der Waals surface area contributed by atoms with Gasteiger partial charge in [-0.3, -0.25) is 9.80 Å². The van der Waals surface area contributed by atoms with Crippen molar-refractivity contribution >= 4 is 0 Å². The van der Waals surface area contributed by atoms with E-state index in [2.05, 4.69) is 101 Å². The molecule has 5 rings (SSSR count). The molecule has 2 aliphatic rings. The zero-order chi connectivity index (χ0) is 44.5. The summed E-state index contributed by atoms with van der Waals surface area (Å²) in [5.74, 6) is -0.624. The van der Waals surface area contributed by atoms with Crippen LogP contribution in [0.1, 0.15) is 137 Å². The van der Waals surface area contributed by atoms with Crippen molar-refractivity contribution in [3.8, 4) is 0 Å². The van der Waals surface area contributed by atoms with Crippen LogP contribution in [0.4, 0.5) is 0 Å². The zero-order valence-corrected chi connectivity index (χ0v) is 39.7. The summed E-state index contributed by atoms with van der Waals surface area (Å²) >= 11 is 0. The standard InChI is InChI=1S/C12H19N.C10H14O2.C9H12O.C8H17NO.C7H14O.C4H10O/c1-5-12(2,13(3)4)11-9-7-6-8-10-11;1-10(11-2,12-3)9-7-5-4-6-8-9;1-8(10-2)9-6-4-3-5-7-9;1-8(2,3)9-4-6-10-7-5-9;1-7(8)5-3-2-4-6-7;1-4(2,3)5/h6-10H,5H2,1-4H3;4-8H,1-3H3;3-8H,1-2H3;4-7H2,1-3H3;8H,2-6H2,1H3;5H,1-3H3. The summed E-state index contributed by atoms with van der Waals surface area (Å²) in [4.78, 5) is 4.73. The summed E-state index contributed by atoms with van der Waals surface area (Å²) in [7, 11) is 9.26. The maximum Gasteiger partial charge on any atom is 0.191 e. The number of benzene rings is 3. The van der Waals surface area contributed by atoms with E-state index in [0.717, 1.165) is 51.1 Å². The van der Waals surface area contributed by atoms with Crippen molar-refractivity contribution in [2.45, 2.75) is 149 Å². The number of nitrogens with zero attached hydrogens (tertiary/aromatic N) is 2. The molecule has 0 spiro atoms. The normalized spacial score (nSPS) is 17.0. The third-order valence-corrected chi connectivity index (χ3v) is 10.7. The second kappa shape index (κ2) is 28.0. The van der Waals surface area contributed by atoms with E-state index in [4.69, 9.17) is 24.1 Å². The average Bonchev–Trinajstić information content (AvgIpc) is 3.21. The van der Waals surface area contributed by atoms with Crippen molar-refractivity contribution in [2.75, 3.05) is 61.7 Å². The van der Waals surface area contributed by atoms with Crippen molar-refractivity contribution in [1.82, 2.24) is 9.80 Å². The molecule has 1 saturated carbocycles. The summed E-state index contributed by atoms with van der Waals surface area (Å²) in [6, 6.07) is 30.7. The van der Waals surface area contributed by atoms with Gasteiger partial charge >= 0.3 is 0 Å². The van der Waals surface area contributed by atoms with Crippen LogP contribution in [0.15, 0.2) is 91.0 Å². The molecule has 3 aromatic carbocycles. The van der Waals surface area contributed by atoms with E-state index >= 15 is 0 Å². The fourth-order valence-corrected chi connectivity index (χ4v) is 6.04. The predicted octanol–water partition coefficient (Wildman–Crippen LogP) is 11.0. The highest BCUT2D eigenvalue weighted by Crippen LogP contribution is 2.29. The molecule has 1 heterocycles. The monoisotopic (exact) mass is 811 g/mol. The fourth-order valence-electron chi connectivity index (χ4n) is 6.04. The van der Waals surface area contributed by atoms with Gasteiger partial charge in [-0.15, -0.1) is 0 Å². The molecule has 1 aliphatic carbocycles. The Morgan fingerprint density at radius 1 is 0.707 bits per heavy atom.